The summed E-state index contributed by atoms with van der Waals surface area (Å²) in [7, 11) is 1.47. The molecule has 2 saturated heterocycles. The lowest BCUT2D eigenvalue weighted by molar-refractivity contribution is -0.165. The highest BCUT2D eigenvalue weighted by atomic mass is 19.4. The molecule has 0 radical (unpaired) electrons. The summed E-state index contributed by atoms with van der Waals surface area (Å²) in [6, 6.07) is 8.35. The van der Waals surface area contributed by atoms with E-state index in [2.05, 4.69) is 32.5 Å². The minimum absolute atomic E-state index is 0.0256. The number of rotatable bonds is 11. The fourth-order valence-corrected chi connectivity index (χ4v) is 6.80. The number of aromatic nitrogens is 3. The van der Waals surface area contributed by atoms with Crippen LogP contribution < -0.4 is 26.4 Å². The van der Waals surface area contributed by atoms with Gasteiger partial charge in [0.15, 0.2) is 5.82 Å². The second-order valence-electron chi connectivity index (χ2n) is 13.7. The van der Waals surface area contributed by atoms with Crippen LogP contribution in [0.1, 0.15) is 40.2 Å². The molecule has 4 heterocycles. The number of carbonyl (C=O) groups excluding carboxylic acids is 2. The Morgan fingerprint density at radius 1 is 1.07 bits per heavy atom. The molecule has 288 valence electrons. The molecule has 2 aromatic carbocycles. The van der Waals surface area contributed by atoms with Crippen LogP contribution in [0.5, 0.6) is 0 Å². The number of anilines is 5. The maximum Gasteiger partial charge on any atom is 0.409 e. The third-order valence-corrected chi connectivity index (χ3v) is 10.0. The molecular formula is C38H38F4N8O5. The monoisotopic (exact) mass is 762 g/mol. The Hall–Kier alpha value is -5.65. The maximum atomic E-state index is 14.9. The normalized spacial score (nSPS) is 17.7. The number of amides is 2. The van der Waals surface area contributed by atoms with Crippen molar-refractivity contribution in [3.63, 3.8) is 0 Å². The molecule has 2 aromatic heterocycles. The largest absolute Gasteiger partial charge is 0.409 e. The predicted molar refractivity (Wildman–Crippen MR) is 197 cm³/mol. The van der Waals surface area contributed by atoms with Crippen LogP contribution in [-0.4, -0.2) is 87.5 Å². The number of piperazine rings is 1. The number of ether oxygens (including phenoxy) is 1. The molecular weight excluding hydrogens is 724 g/mol. The third kappa shape index (κ3) is 7.94. The maximum absolute atomic E-state index is 14.9. The number of aryl methyl sites for hydroxylation is 1. The molecule has 2 aliphatic heterocycles. The Morgan fingerprint density at radius 2 is 1.85 bits per heavy atom. The van der Waals surface area contributed by atoms with Crippen LogP contribution in [-0.2, 0) is 23.2 Å². The summed E-state index contributed by atoms with van der Waals surface area (Å²) in [4.78, 5) is 50.6. The molecule has 1 atom stereocenters. The van der Waals surface area contributed by atoms with Crippen LogP contribution in [0.4, 0.5) is 46.3 Å². The second-order valence-corrected chi connectivity index (χ2v) is 13.7. The molecule has 4 N–H and O–H groups in total. The molecule has 1 aliphatic carbocycles. The first-order chi connectivity index (χ1) is 26.3. The minimum Gasteiger partial charge on any atom is -0.392 e. The molecule has 17 heteroatoms. The molecule has 0 spiro atoms. The first-order valence-electron chi connectivity index (χ1n) is 17.6. The van der Waals surface area contributed by atoms with E-state index in [0.29, 0.717) is 31.2 Å². The van der Waals surface area contributed by atoms with Gasteiger partial charge in [0, 0.05) is 55.9 Å². The van der Waals surface area contributed by atoms with Gasteiger partial charge < -0.3 is 35.3 Å². The molecule has 2 amide bonds. The molecule has 7 rings (SSSR count). The van der Waals surface area contributed by atoms with Crippen molar-refractivity contribution < 1.29 is 37.0 Å². The van der Waals surface area contributed by atoms with Crippen LogP contribution in [0.2, 0.25) is 0 Å². The minimum atomic E-state index is -4.59. The lowest BCUT2D eigenvalue weighted by Gasteiger charge is -2.48. The van der Waals surface area contributed by atoms with Crippen LogP contribution in [0, 0.1) is 5.82 Å². The number of hydrogen-bond acceptors (Lipinski definition) is 10. The van der Waals surface area contributed by atoms with Gasteiger partial charge in [-0.15, -0.1) is 0 Å². The number of benzene rings is 2. The number of nitrogens with zero attached hydrogens (tertiary/aromatic N) is 5. The van der Waals surface area contributed by atoms with Crippen molar-refractivity contribution in [2.45, 2.75) is 43.6 Å². The number of hydrogen-bond donors (Lipinski definition) is 4. The fourth-order valence-electron chi connectivity index (χ4n) is 6.80. The third-order valence-electron chi connectivity index (χ3n) is 10.0. The lowest BCUT2D eigenvalue weighted by Crippen LogP contribution is -2.64. The Balaban J connectivity index is 1.18. The lowest BCUT2D eigenvalue weighted by atomic mass is 10.1. The van der Waals surface area contributed by atoms with Crippen molar-refractivity contribution >= 4 is 40.5 Å². The van der Waals surface area contributed by atoms with Gasteiger partial charge in [-0.2, -0.15) is 13.2 Å². The molecule has 0 bridgehead atoms. The van der Waals surface area contributed by atoms with Crippen LogP contribution >= 0.6 is 0 Å². The van der Waals surface area contributed by atoms with Crippen LogP contribution in [0.25, 0.3) is 11.3 Å². The van der Waals surface area contributed by atoms with E-state index in [4.69, 9.17) is 4.74 Å². The van der Waals surface area contributed by atoms with E-state index in [1.165, 1.54) is 65.3 Å². The summed E-state index contributed by atoms with van der Waals surface area (Å²) in [6.07, 6.45) is 1.12. The number of aliphatic hydroxyl groups excluding tert-OH is 1. The number of nitrogens with one attached hydrogen (secondary N) is 3. The SMILES string of the molecule is C=CC(=O)Nc1cc(Nc2nc(-c3ccnc(NC(=O)c4ccc(C5CC5)cc4F)c3CO)cn(C)c2=O)ccc1N1CCN(C2COC2)C[C@@H]1C(F)(F)F. The predicted octanol–water partition coefficient (Wildman–Crippen LogP) is 4.92. The Bertz CT molecular complexity index is 2200. The van der Waals surface area contributed by atoms with E-state index >= 15 is 0 Å². The number of alkyl halides is 3. The number of pyridine rings is 1. The summed E-state index contributed by atoms with van der Waals surface area (Å²) in [6.45, 7) is 3.69. The van der Waals surface area contributed by atoms with E-state index in [-0.39, 0.29) is 64.7 Å². The van der Waals surface area contributed by atoms with Crippen molar-refractivity contribution in [1.82, 2.24) is 19.4 Å². The van der Waals surface area contributed by atoms with Crippen molar-refractivity contribution in [2.75, 3.05) is 53.7 Å². The quantitative estimate of drug-likeness (QED) is 0.122. The average molecular weight is 763 g/mol. The van der Waals surface area contributed by atoms with Crippen molar-refractivity contribution in [1.29, 1.82) is 0 Å². The Morgan fingerprint density at radius 3 is 2.51 bits per heavy atom. The zero-order valence-corrected chi connectivity index (χ0v) is 29.7. The second kappa shape index (κ2) is 15.2. The van der Waals surface area contributed by atoms with E-state index in [1.54, 1.807) is 11.0 Å². The average Bonchev–Trinajstić information content (AvgIpc) is 3.98. The van der Waals surface area contributed by atoms with Gasteiger partial charge in [0.2, 0.25) is 5.91 Å². The zero-order chi connectivity index (χ0) is 39.0. The number of carbonyl (C=O) groups is 2. The molecule has 1 saturated carbocycles. The summed E-state index contributed by atoms with van der Waals surface area (Å²) in [5, 5.41) is 18.5. The van der Waals surface area contributed by atoms with E-state index < -0.39 is 42.0 Å². The topological polar surface area (TPSA) is 154 Å². The van der Waals surface area contributed by atoms with Gasteiger partial charge in [-0.05, 0) is 66.8 Å². The van der Waals surface area contributed by atoms with Crippen LogP contribution in [0.15, 0.2) is 72.3 Å². The standard InChI is InChI=1S/C38H38F4N8O5/c1-3-33(52)45-29-15-23(7-9-31(29)50-13-12-49(24-19-55-20-24)17-32(50)38(40,41)42)44-35-37(54)48(2)16-30(46-35)25-10-11-43-34(27(25)18-51)47-36(53)26-8-6-22(14-28(26)39)21-4-5-21/h3,6-11,14-16,21,24,32,51H,1,4-5,12-13,17-20H2,2H3,(H,44,46)(H,45,52)(H,43,47,53)/t32-/m1/s1. The Kier molecular flexibility index (Phi) is 10.4. The number of aliphatic hydroxyl groups is 1. The highest BCUT2D eigenvalue weighted by Crippen LogP contribution is 2.41. The van der Waals surface area contributed by atoms with Gasteiger partial charge in [-0.25, -0.2) is 14.4 Å². The van der Waals surface area contributed by atoms with Crippen LogP contribution in [0.3, 0.4) is 0 Å². The zero-order valence-electron chi connectivity index (χ0n) is 29.7. The first kappa shape index (κ1) is 37.7. The summed E-state index contributed by atoms with van der Waals surface area (Å²) in [5.74, 6) is -2.04. The molecule has 3 fully saturated rings. The highest BCUT2D eigenvalue weighted by Gasteiger charge is 2.48. The molecule has 0 unspecified atom stereocenters. The van der Waals surface area contributed by atoms with Crippen molar-refractivity contribution in [2.24, 2.45) is 7.05 Å². The molecule has 55 heavy (non-hydrogen) atoms. The van der Waals surface area contributed by atoms with Gasteiger partial charge in [-0.3, -0.25) is 19.3 Å². The van der Waals surface area contributed by atoms with Gasteiger partial charge in [0.25, 0.3) is 11.5 Å². The summed E-state index contributed by atoms with van der Waals surface area (Å²) >= 11 is 0. The fraction of sp³-hybridized carbons (Fsp3) is 0.342. The van der Waals surface area contributed by atoms with Gasteiger partial charge in [0.05, 0.1) is 48.5 Å². The van der Waals surface area contributed by atoms with Gasteiger partial charge in [0.1, 0.15) is 17.7 Å². The molecule has 13 nitrogen and oxygen atoms in total. The van der Waals surface area contributed by atoms with E-state index in [0.717, 1.165) is 24.5 Å². The van der Waals surface area contributed by atoms with E-state index in [1.807, 2.05) is 0 Å². The van der Waals surface area contributed by atoms with Gasteiger partial charge in [-0.1, -0.05) is 12.6 Å². The smallest absolute Gasteiger partial charge is 0.392 e. The Labute approximate surface area is 312 Å². The van der Waals surface area contributed by atoms with Crippen molar-refractivity contribution in [3.05, 3.63) is 100 Å². The first-order valence-corrected chi connectivity index (χ1v) is 17.6. The number of halogens is 4. The highest BCUT2D eigenvalue weighted by molar-refractivity contribution is 6.05. The molecule has 4 aromatic rings. The van der Waals surface area contributed by atoms with Crippen molar-refractivity contribution in [3.8, 4) is 11.3 Å². The van der Waals surface area contributed by atoms with E-state index in [9.17, 15) is 37.1 Å². The molecule has 3 aliphatic rings. The summed E-state index contributed by atoms with van der Waals surface area (Å²) in [5.41, 5.74) is 1.09. The summed E-state index contributed by atoms with van der Waals surface area (Å²) < 4.78 is 64.8. The van der Waals surface area contributed by atoms with Gasteiger partial charge >= 0.3 is 6.18 Å².